The second-order valence-corrected chi connectivity index (χ2v) is 8.50. The average molecular weight is 380 g/mol. The van der Waals surface area contributed by atoms with E-state index >= 15 is 0 Å². The lowest BCUT2D eigenvalue weighted by molar-refractivity contribution is -0.120. The van der Waals surface area contributed by atoms with Gasteiger partial charge in [-0.05, 0) is 18.6 Å². The van der Waals surface area contributed by atoms with E-state index in [1.807, 2.05) is 6.92 Å². The Morgan fingerprint density at radius 2 is 2.24 bits per heavy atom. The average Bonchev–Trinajstić information content (AvgIpc) is 3.18. The summed E-state index contributed by atoms with van der Waals surface area (Å²) >= 11 is 1.50. The molecule has 25 heavy (non-hydrogen) atoms. The predicted octanol–water partition coefficient (Wildman–Crippen LogP) is 1.50. The number of fused-ring (bicyclic) bond motifs is 1. The van der Waals surface area contributed by atoms with Crippen LogP contribution in [0.4, 0.5) is 0 Å². The first-order valence-corrected chi connectivity index (χ1v) is 10.7. The lowest BCUT2D eigenvalue weighted by Gasteiger charge is -2.13. The molecule has 2 aliphatic rings. The van der Waals surface area contributed by atoms with Crippen molar-refractivity contribution >= 4 is 38.7 Å². The molecule has 9 heteroatoms. The molecule has 0 radical (unpaired) electrons. The van der Waals surface area contributed by atoms with E-state index in [2.05, 4.69) is 20.0 Å². The van der Waals surface area contributed by atoms with Gasteiger partial charge in [0, 0.05) is 11.3 Å². The highest BCUT2D eigenvalue weighted by Gasteiger charge is 2.32. The molecular weight excluding hydrogens is 360 g/mol. The van der Waals surface area contributed by atoms with E-state index in [1.54, 1.807) is 18.2 Å². The zero-order valence-electron chi connectivity index (χ0n) is 13.9. The Morgan fingerprint density at radius 3 is 2.96 bits per heavy atom. The molecule has 1 aromatic carbocycles. The molecule has 2 heterocycles. The number of amides is 1. The fourth-order valence-corrected chi connectivity index (χ4v) is 4.61. The standard InChI is InChI=1S/C16H20N4O3S2/c1-2-3-7-12(15(21)19-16-17-9-10-24-16)18-14-11-6-4-5-8-13(11)25(22,23)20-14/h4-6,8,12H,2-3,7,9-10H2,1H3,(H,18,20)(H,17,19,21)/t12-/m0/s1. The number of hydrogen-bond donors (Lipinski definition) is 2. The first kappa shape index (κ1) is 17.9. The number of benzene rings is 1. The zero-order valence-corrected chi connectivity index (χ0v) is 15.5. The highest BCUT2D eigenvalue weighted by Crippen LogP contribution is 2.23. The Bertz CT molecular complexity index is 834. The number of thioether (sulfide) groups is 1. The molecule has 3 rings (SSSR count). The van der Waals surface area contributed by atoms with Crippen LogP contribution in [0.25, 0.3) is 0 Å². The van der Waals surface area contributed by atoms with E-state index in [-0.39, 0.29) is 16.6 Å². The van der Waals surface area contributed by atoms with Crippen molar-refractivity contribution in [2.75, 3.05) is 12.3 Å². The Morgan fingerprint density at radius 1 is 1.44 bits per heavy atom. The summed E-state index contributed by atoms with van der Waals surface area (Å²) in [5.74, 6) is 0.835. The summed E-state index contributed by atoms with van der Waals surface area (Å²) in [5, 5.41) is 3.41. The van der Waals surface area contributed by atoms with E-state index in [4.69, 9.17) is 0 Å². The van der Waals surface area contributed by atoms with Crippen molar-refractivity contribution in [1.29, 1.82) is 0 Å². The SMILES string of the molecule is CCCC[C@H](N=C1NS(=O)(=O)c2ccccc21)C(=O)NC1=NCCS1. The van der Waals surface area contributed by atoms with Crippen molar-refractivity contribution in [3.63, 3.8) is 0 Å². The van der Waals surface area contributed by atoms with Crippen LogP contribution in [0.3, 0.4) is 0 Å². The molecule has 0 aliphatic carbocycles. The first-order valence-electron chi connectivity index (χ1n) is 8.19. The maximum absolute atomic E-state index is 12.6. The van der Waals surface area contributed by atoms with Crippen LogP contribution in [0.15, 0.2) is 39.1 Å². The third kappa shape index (κ3) is 4.04. The van der Waals surface area contributed by atoms with Gasteiger partial charge in [0.2, 0.25) is 0 Å². The minimum atomic E-state index is -3.61. The van der Waals surface area contributed by atoms with E-state index in [1.165, 1.54) is 17.8 Å². The summed E-state index contributed by atoms with van der Waals surface area (Å²) in [7, 11) is -3.61. The van der Waals surface area contributed by atoms with Gasteiger partial charge in [-0.2, -0.15) is 0 Å². The second kappa shape index (κ2) is 7.57. The number of aliphatic imine (C=N–C) groups is 2. The third-order valence-corrected chi connectivity index (χ3v) is 6.19. The van der Waals surface area contributed by atoms with Crippen LogP contribution in [-0.2, 0) is 14.8 Å². The predicted molar refractivity (Wildman–Crippen MR) is 99.5 cm³/mol. The number of unbranched alkanes of at least 4 members (excludes halogenated alkanes) is 1. The van der Waals surface area contributed by atoms with Gasteiger partial charge in [-0.25, -0.2) is 8.42 Å². The van der Waals surface area contributed by atoms with Crippen LogP contribution in [0, 0.1) is 0 Å². The Kier molecular flexibility index (Phi) is 5.43. The summed E-state index contributed by atoms with van der Waals surface area (Å²) in [6, 6.07) is 5.98. The maximum atomic E-state index is 12.6. The van der Waals surface area contributed by atoms with Gasteiger partial charge in [-0.1, -0.05) is 43.7 Å². The van der Waals surface area contributed by atoms with E-state index in [0.29, 0.717) is 23.7 Å². The minimum Gasteiger partial charge on any atom is -0.304 e. The number of rotatable bonds is 5. The van der Waals surface area contributed by atoms with E-state index in [0.717, 1.165) is 18.6 Å². The van der Waals surface area contributed by atoms with Crippen molar-refractivity contribution in [3.05, 3.63) is 29.8 Å². The molecule has 2 aliphatic heterocycles. The molecule has 1 atom stereocenters. The topological polar surface area (TPSA) is 100.0 Å². The molecule has 0 fully saturated rings. The number of sulfonamides is 1. The van der Waals surface area contributed by atoms with Crippen molar-refractivity contribution in [3.8, 4) is 0 Å². The van der Waals surface area contributed by atoms with Gasteiger partial charge in [0.25, 0.3) is 15.9 Å². The van der Waals surface area contributed by atoms with Crippen molar-refractivity contribution in [2.24, 2.45) is 9.98 Å². The van der Waals surface area contributed by atoms with Gasteiger partial charge in [-0.15, -0.1) is 0 Å². The molecule has 1 amide bonds. The fraction of sp³-hybridized carbons (Fsp3) is 0.438. The van der Waals surface area contributed by atoms with E-state index in [9.17, 15) is 13.2 Å². The highest BCUT2D eigenvalue weighted by atomic mass is 32.2. The highest BCUT2D eigenvalue weighted by molar-refractivity contribution is 8.14. The van der Waals surface area contributed by atoms with Gasteiger partial charge in [0.1, 0.15) is 11.9 Å². The quantitative estimate of drug-likeness (QED) is 0.808. The molecule has 134 valence electrons. The smallest absolute Gasteiger partial charge is 0.263 e. The van der Waals surface area contributed by atoms with Crippen molar-refractivity contribution < 1.29 is 13.2 Å². The summed E-state index contributed by atoms with van der Waals surface area (Å²) < 4.78 is 26.8. The molecule has 0 aromatic heterocycles. The number of amidine groups is 2. The monoisotopic (exact) mass is 380 g/mol. The summed E-state index contributed by atoms with van der Waals surface area (Å²) in [6.45, 7) is 2.73. The first-order chi connectivity index (χ1) is 12.0. The Balaban J connectivity index is 1.87. The third-order valence-electron chi connectivity index (χ3n) is 3.90. The molecule has 0 spiro atoms. The summed E-state index contributed by atoms with van der Waals surface area (Å²) in [6.07, 6.45) is 2.29. The molecule has 2 N–H and O–H groups in total. The zero-order chi connectivity index (χ0) is 17.9. The summed E-state index contributed by atoms with van der Waals surface area (Å²) in [5.41, 5.74) is 0.504. The van der Waals surface area contributed by atoms with Crippen LogP contribution < -0.4 is 10.0 Å². The molecular formula is C16H20N4O3S2. The van der Waals surface area contributed by atoms with Crippen LogP contribution in [-0.4, -0.2) is 43.7 Å². The maximum Gasteiger partial charge on any atom is 0.263 e. The molecule has 0 saturated carbocycles. The minimum absolute atomic E-state index is 0.194. The van der Waals surface area contributed by atoms with Crippen LogP contribution in [0.1, 0.15) is 31.7 Å². The van der Waals surface area contributed by atoms with Gasteiger partial charge >= 0.3 is 0 Å². The molecule has 7 nitrogen and oxygen atoms in total. The number of nitrogens with one attached hydrogen (secondary N) is 2. The molecule has 1 aromatic rings. The van der Waals surface area contributed by atoms with Gasteiger partial charge in [0.05, 0.1) is 11.4 Å². The molecule has 0 saturated heterocycles. The summed E-state index contributed by atoms with van der Waals surface area (Å²) in [4.78, 5) is 21.4. The molecule has 0 unspecified atom stereocenters. The molecule has 0 bridgehead atoms. The lowest BCUT2D eigenvalue weighted by Crippen LogP contribution is -2.37. The van der Waals surface area contributed by atoms with Gasteiger partial charge < -0.3 is 5.32 Å². The van der Waals surface area contributed by atoms with Crippen molar-refractivity contribution in [2.45, 2.75) is 37.1 Å². The van der Waals surface area contributed by atoms with Gasteiger partial charge in [-0.3, -0.25) is 19.5 Å². The lowest BCUT2D eigenvalue weighted by atomic mass is 10.1. The Labute approximate surface area is 151 Å². The largest absolute Gasteiger partial charge is 0.304 e. The van der Waals surface area contributed by atoms with Crippen LogP contribution in [0.2, 0.25) is 0 Å². The second-order valence-electron chi connectivity index (χ2n) is 5.76. The van der Waals surface area contributed by atoms with Crippen molar-refractivity contribution in [1.82, 2.24) is 10.0 Å². The number of carbonyl (C=O) groups excluding carboxylic acids is 1. The van der Waals surface area contributed by atoms with Crippen LogP contribution >= 0.6 is 11.8 Å². The van der Waals surface area contributed by atoms with E-state index < -0.39 is 16.1 Å². The fourth-order valence-electron chi connectivity index (χ4n) is 2.64. The number of nitrogens with zero attached hydrogens (tertiary/aromatic N) is 2. The number of carbonyl (C=O) groups is 1. The Hall–Kier alpha value is -1.87. The van der Waals surface area contributed by atoms with Crippen LogP contribution in [0.5, 0.6) is 0 Å². The number of hydrogen-bond acceptors (Lipinski definition) is 6. The van der Waals surface area contributed by atoms with Gasteiger partial charge in [0.15, 0.2) is 5.17 Å². The normalized spacial score (nSPS) is 20.7.